The molecule has 0 spiro atoms. The van der Waals surface area contributed by atoms with Crippen molar-refractivity contribution in [3.05, 3.63) is 59.5 Å². The van der Waals surface area contributed by atoms with Gasteiger partial charge in [0.05, 0.1) is 0 Å². The molecule has 1 aliphatic heterocycles. The molecule has 0 atom stereocenters. The van der Waals surface area contributed by atoms with Gasteiger partial charge in [0.15, 0.2) is 0 Å². The molecule has 2 aromatic heterocycles. The largest absolute Gasteiger partial charge is 0.361 e. The van der Waals surface area contributed by atoms with Crippen LogP contribution in [-0.2, 0) is 21.2 Å². The third-order valence-electron chi connectivity index (χ3n) is 5.54. The molecule has 30 heavy (non-hydrogen) atoms. The number of nitrogens with one attached hydrogen (secondary N) is 2. The van der Waals surface area contributed by atoms with Gasteiger partial charge in [0.2, 0.25) is 15.9 Å². The molecule has 1 fully saturated rings. The van der Waals surface area contributed by atoms with Crippen LogP contribution in [0.2, 0.25) is 5.15 Å². The highest BCUT2D eigenvalue weighted by atomic mass is 35.5. The Labute approximate surface area is 180 Å². The summed E-state index contributed by atoms with van der Waals surface area (Å²) in [6.45, 7) is 1.12. The first-order valence-corrected chi connectivity index (χ1v) is 11.7. The van der Waals surface area contributed by atoms with E-state index in [0.717, 1.165) is 11.9 Å². The average molecular weight is 447 g/mol. The lowest BCUT2D eigenvalue weighted by Gasteiger charge is -2.30. The fraction of sp³-hybridized carbons (Fsp3) is 0.333. The number of hydrogen-bond acceptors (Lipinski definition) is 4. The quantitative estimate of drug-likeness (QED) is 0.569. The van der Waals surface area contributed by atoms with Crippen LogP contribution in [0, 0.1) is 5.92 Å². The van der Waals surface area contributed by atoms with Gasteiger partial charge in [0, 0.05) is 48.8 Å². The van der Waals surface area contributed by atoms with Gasteiger partial charge in [-0.1, -0.05) is 29.8 Å². The molecule has 3 aromatic rings. The summed E-state index contributed by atoms with van der Waals surface area (Å²) in [4.78, 5) is 19.6. The molecule has 0 bridgehead atoms. The van der Waals surface area contributed by atoms with E-state index in [0.29, 0.717) is 19.4 Å². The summed E-state index contributed by atoms with van der Waals surface area (Å²) < 4.78 is 27.0. The molecule has 0 unspecified atom stereocenters. The van der Waals surface area contributed by atoms with Crippen LogP contribution in [0.3, 0.4) is 0 Å². The van der Waals surface area contributed by atoms with Gasteiger partial charge in [-0.05, 0) is 43.0 Å². The first-order chi connectivity index (χ1) is 14.5. The van der Waals surface area contributed by atoms with Crippen molar-refractivity contribution in [1.29, 1.82) is 0 Å². The van der Waals surface area contributed by atoms with Crippen molar-refractivity contribution < 1.29 is 13.2 Å². The van der Waals surface area contributed by atoms with Crippen molar-refractivity contribution in [2.75, 3.05) is 19.6 Å². The molecule has 2 N–H and O–H groups in total. The number of H-pyrrole nitrogens is 1. The van der Waals surface area contributed by atoms with Crippen molar-refractivity contribution in [3.8, 4) is 0 Å². The number of aromatic nitrogens is 2. The van der Waals surface area contributed by atoms with Gasteiger partial charge < -0.3 is 10.3 Å². The number of rotatable bonds is 6. The Kier molecular flexibility index (Phi) is 6.08. The Balaban J connectivity index is 1.30. The molecular formula is C21H23ClN4O3S. The van der Waals surface area contributed by atoms with Crippen molar-refractivity contribution in [3.63, 3.8) is 0 Å². The zero-order chi connectivity index (χ0) is 21.1. The maximum atomic E-state index is 12.8. The third-order valence-corrected chi connectivity index (χ3v) is 7.88. The highest BCUT2D eigenvalue weighted by molar-refractivity contribution is 7.89. The predicted octanol–water partition coefficient (Wildman–Crippen LogP) is 2.98. The monoisotopic (exact) mass is 446 g/mol. The third kappa shape index (κ3) is 4.21. The molecule has 0 saturated carbocycles. The standard InChI is InChI=1S/C21H23ClN4O3S/c22-20-19(6-3-10-23-20)30(28,29)26-12-8-15(9-13-26)21(27)24-11-7-16-14-25-18-5-2-1-4-17(16)18/h1-6,10,14-15,25H,7-9,11-13H2,(H,24,27). The number of aromatic amines is 1. The topological polar surface area (TPSA) is 95.2 Å². The van der Waals surface area contributed by atoms with E-state index in [1.807, 2.05) is 24.4 Å². The van der Waals surface area contributed by atoms with E-state index in [4.69, 9.17) is 11.6 Å². The van der Waals surface area contributed by atoms with Gasteiger partial charge in [-0.2, -0.15) is 4.31 Å². The second-order valence-corrected chi connectivity index (χ2v) is 9.64. The van der Waals surface area contributed by atoms with Crippen molar-refractivity contribution >= 4 is 38.4 Å². The number of carbonyl (C=O) groups excluding carboxylic acids is 1. The van der Waals surface area contributed by atoms with Crippen LogP contribution in [0.15, 0.2) is 53.7 Å². The zero-order valence-corrected chi connectivity index (χ0v) is 17.9. The number of halogens is 1. The second-order valence-electron chi connectivity index (χ2n) is 7.37. The first kappa shape index (κ1) is 20.8. The Morgan fingerprint density at radius 1 is 1.20 bits per heavy atom. The summed E-state index contributed by atoms with van der Waals surface area (Å²) in [6, 6.07) is 11.1. The average Bonchev–Trinajstić information content (AvgIpc) is 3.17. The molecular weight excluding hydrogens is 424 g/mol. The lowest BCUT2D eigenvalue weighted by atomic mass is 9.97. The Morgan fingerprint density at radius 2 is 1.97 bits per heavy atom. The number of nitrogens with zero attached hydrogens (tertiary/aromatic N) is 2. The number of benzene rings is 1. The van der Waals surface area contributed by atoms with Crippen molar-refractivity contribution in [1.82, 2.24) is 19.6 Å². The summed E-state index contributed by atoms with van der Waals surface area (Å²) in [5.41, 5.74) is 2.25. The molecule has 1 aromatic carbocycles. The van der Waals surface area contributed by atoms with Crippen LogP contribution in [0.4, 0.5) is 0 Å². The number of carbonyl (C=O) groups is 1. The predicted molar refractivity (Wildman–Crippen MR) is 116 cm³/mol. The maximum absolute atomic E-state index is 12.8. The van der Waals surface area contributed by atoms with E-state index in [1.165, 1.54) is 27.5 Å². The number of pyridine rings is 1. The van der Waals surface area contributed by atoms with Gasteiger partial charge in [-0.25, -0.2) is 13.4 Å². The molecule has 7 nitrogen and oxygen atoms in total. The second kappa shape index (κ2) is 8.75. The van der Waals surface area contributed by atoms with Gasteiger partial charge in [0.1, 0.15) is 10.0 Å². The summed E-state index contributed by atoms with van der Waals surface area (Å²) in [5, 5.41) is 4.13. The van der Waals surface area contributed by atoms with Crippen LogP contribution in [0.5, 0.6) is 0 Å². The van der Waals surface area contributed by atoms with Crippen molar-refractivity contribution in [2.24, 2.45) is 5.92 Å². The van der Waals surface area contributed by atoms with Crippen LogP contribution in [-0.4, -0.2) is 48.2 Å². The molecule has 9 heteroatoms. The van der Waals surface area contributed by atoms with Crippen LogP contribution < -0.4 is 5.32 Å². The Bertz CT molecular complexity index is 1150. The fourth-order valence-corrected chi connectivity index (χ4v) is 5.76. The summed E-state index contributed by atoms with van der Waals surface area (Å²) in [7, 11) is -3.71. The first-order valence-electron chi connectivity index (χ1n) is 9.90. The van der Waals surface area contributed by atoms with E-state index < -0.39 is 10.0 Å². The molecule has 0 radical (unpaired) electrons. The van der Waals surface area contributed by atoms with Gasteiger partial charge in [-0.15, -0.1) is 0 Å². The highest BCUT2D eigenvalue weighted by Gasteiger charge is 2.33. The van der Waals surface area contributed by atoms with Crippen LogP contribution in [0.1, 0.15) is 18.4 Å². The van der Waals surface area contributed by atoms with E-state index in [-0.39, 0.29) is 35.0 Å². The molecule has 158 valence electrons. The molecule has 1 saturated heterocycles. The lowest BCUT2D eigenvalue weighted by Crippen LogP contribution is -2.43. The van der Waals surface area contributed by atoms with Gasteiger partial charge in [-0.3, -0.25) is 4.79 Å². The molecule has 1 aliphatic rings. The van der Waals surface area contributed by atoms with Crippen molar-refractivity contribution in [2.45, 2.75) is 24.2 Å². The SMILES string of the molecule is O=C(NCCc1c[nH]c2ccccc12)C1CCN(S(=O)(=O)c2cccnc2Cl)CC1. The fourth-order valence-electron chi connectivity index (χ4n) is 3.86. The van der Waals surface area contributed by atoms with Crippen LogP contribution in [0.25, 0.3) is 10.9 Å². The molecule has 4 rings (SSSR count). The number of amides is 1. The minimum absolute atomic E-state index is 0.00768. The highest BCUT2D eigenvalue weighted by Crippen LogP contribution is 2.27. The van der Waals surface area contributed by atoms with Gasteiger partial charge >= 0.3 is 0 Å². The minimum Gasteiger partial charge on any atom is -0.361 e. The van der Waals surface area contributed by atoms with E-state index in [2.05, 4.69) is 21.4 Å². The number of piperidine rings is 1. The van der Waals surface area contributed by atoms with E-state index in [1.54, 1.807) is 6.07 Å². The zero-order valence-electron chi connectivity index (χ0n) is 16.3. The number of sulfonamides is 1. The summed E-state index contributed by atoms with van der Waals surface area (Å²) in [6.07, 6.45) is 5.13. The van der Waals surface area contributed by atoms with Gasteiger partial charge in [0.25, 0.3) is 0 Å². The summed E-state index contributed by atoms with van der Waals surface area (Å²) >= 11 is 5.96. The van der Waals surface area contributed by atoms with E-state index >= 15 is 0 Å². The minimum atomic E-state index is -3.71. The smallest absolute Gasteiger partial charge is 0.246 e. The molecule has 3 heterocycles. The Hall–Kier alpha value is -2.42. The lowest BCUT2D eigenvalue weighted by molar-refractivity contribution is -0.126. The number of para-hydroxylation sites is 1. The van der Waals surface area contributed by atoms with Crippen LogP contribution >= 0.6 is 11.6 Å². The van der Waals surface area contributed by atoms with E-state index in [9.17, 15) is 13.2 Å². The molecule has 0 aliphatic carbocycles. The normalized spacial score (nSPS) is 16.0. The maximum Gasteiger partial charge on any atom is 0.246 e. The number of hydrogen-bond donors (Lipinski definition) is 2. The molecule has 1 amide bonds. The summed E-state index contributed by atoms with van der Waals surface area (Å²) in [5.74, 6) is -0.213. The number of fused-ring (bicyclic) bond motifs is 1. The Morgan fingerprint density at radius 3 is 2.73 bits per heavy atom.